The van der Waals surface area contributed by atoms with Gasteiger partial charge in [-0.1, -0.05) is 42.5 Å². The maximum atomic E-state index is 12.8. The summed E-state index contributed by atoms with van der Waals surface area (Å²) >= 11 is 0. The number of methoxy groups -OCH3 is 1. The molecule has 0 aliphatic carbocycles. The van der Waals surface area contributed by atoms with Gasteiger partial charge < -0.3 is 14.8 Å². The molecular formula is C30H37N3O3. The Morgan fingerprint density at radius 1 is 1.00 bits per heavy atom. The van der Waals surface area contributed by atoms with Crippen LogP contribution in [0.15, 0.2) is 66.7 Å². The zero-order chi connectivity index (χ0) is 24.7. The molecule has 2 fully saturated rings. The third-order valence-electron chi connectivity index (χ3n) is 7.68. The van der Waals surface area contributed by atoms with E-state index in [4.69, 9.17) is 9.47 Å². The lowest BCUT2D eigenvalue weighted by molar-refractivity contribution is -0.116. The molecule has 1 N–H and O–H groups in total. The van der Waals surface area contributed by atoms with E-state index in [9.17, 15) is 4.79 Å². The number of anilines is 1. The standard InChI is InChI=1S/C30H37N3O3/c1-35-27-12-10-26(11-13-27)31-30(34)14-9-25-22-32(16-15-29(25)33-17-19-36-20-18-33)21-24-7-4-6-23-5-2-3-8-28(23)24/h2-8,10-13,25,29H,9,14-22H2,1H3,(H,31,34)/t25-,29+/m1/s1. The second-order valence-corrected chi connectivity index (χ2v) is 9.95. The minimum atomic E-state index is 0.0760. The van der Waals surface area contributed by atoms with Crippen molar-refractivity contribution in [1.29, 1.82) is 0 Å². The molecule has 36 heavy (non-hydrogen) atoms. The molecule has 3 aromatic rings. The first-order valence-corrected chi connectivity index (χ1v) is 13.1. The van der Waals surface area contributed by atoms with Crippen molar-refractivity contribution in [3.63, 3.8) is 0 Å². The van der Waals surface area contributed by atoms with Gasteiger partial charge in [0, 0.05) is 44.3 Å². The van der Waals surface area contributed by atoms with Gasteiger partial charge in [0.05, 0.1) is 20.3 Å². The van der Waals surface area contributed by atoms with E-state index in [0.29, 0.717) is 18.4 Å². The van der Waals surface area contributed by atoms with Crippen LogP contribution in [-0.2, 0) is 16.1 Å². The third-order valence-corrected chi connectivity index (χ3v) is 7.68. The zero-order valence-electron chi connectivity index (χ0n) is 21.2. The van der Waals surface area contributed by atoms with Crippen LogP contribution in [0.4, 0.5) is 5.69 Å². The topological polar surface area (TPSA) is 54.0 Å². The minimum absolute atomic E-state index is 0.0760. The summed E-state index contributed by atoms with van der Waals surface area (Å²) < 4.78 is 10.8. The Labute approximate surface area is 214 Å². The van der Waals surface area contributed by atoms with E-state index in [1.165, 1.54) is 16.3 Å². The van der Waals surface area contributed by atoms with E-state index >= 15 is 0 Å². The first-order chi connectivity index (χ1) is 17.7. The predicted molar refractivity (Wildman–Crippen MR) is 144 cm³/mol. The van der Waals surface area contributed by atoms with Gasteiger partial charge >= 0.3 is 0 Å². The maximum absolute atomic E-state index is 12.8. The number of piperidine rings is 1. The van der Waals surface area contributed by atoms with Gasteiger partial charge in [-0.25, -0.2) is 0 Å². The van der Waals surface area contributed by atoms with Gasteiger partial charge in [0.2, 0.25) is 5.91 Å². The second kappa shape index (κ2) is 11.9. The van der Waals surface area contributed by atoms with Crippen LogP contribution in [-0.4, -0.2) is 68.3 Å². The molecule has 1 amide bonds. The molecule has 0 unspecified atom stereocenters. The lowest BCUT2D eigenvalue weighted by Gasteiger charge is -2.45. The molecule has 2 aliphatic heterocycles. The van der Waals surface area contributed by atoms with Gasteiger partial charge in [0.1, 0.15) is 5.75 Å². The first kappa shape index (κ1) is 24.8. The summed E-state index contributed by atoms with van der Waals surface area (Å²) in [6.45, 7) is 6.64. The fraction of sp³-hybridized carbons (Fsp3) is 0.433. The number of nitrogens with one attached hydrogen (secondary N) is 1. The molecule has 0 aromatic heterocycles. The van der Waals surface area contributed by atoms with Crippen molar-refractivity contribution in [1.82, 2.24) is 9.80 Å². The Morgan fingerprint density at radius 2 is 1.78 bits per heavy atom. The van der Waals surface area contributed by atoms with E-state index in [-0.39, 0.29) is 5.91 Å². The number of hydrogen-bond donors (Lipinski definition) is 1. The lowest BCUT2D eigenvalue weighted by Crippen LogP contribution is -2.53. The number of likely N-dealkylation sites (tertiary alicyclic amines) is 1. The Bertz CT molecular complexity index is 1140. The molecule has 0 bridgehead atoms. The highest BCUT2D eigenvalue weighted by Crippen LogP contribution is 2.29. The highest BCUT2D eigenvalue weighted by molar-refractivity contribution is 5.90. The van der Waals surface area contributed by atoms with Gasteiger partial charge in [-0.3, -0.25) is 14.6 Å². The number of fused-ring (bicyclic) bond motifs is 1. The minimum Gasteiger partial charge on any atom is -0.497 e. The number of morpholine rings is 1. The number of benzene rings is 3. The molecule has 2 atom stereocenters. The number of ether oxygens (including phenoxy) is 2. The summed E-state index contributed by atoms with van der Waals surface area (Å²) in [7, 11) is 1.65. The average molecular weight is 488 g/mol. The molecule has 2 aliphatic rings. The summed E-state index contributed by atoms with van der Waals surface area (Å²) in [6.07, 6.45) is 2.55. The highest BCUT2D eigenvalue weighted by atomic mass is 16.5. The summed E-state index contributed by atoms with van der Waals surface area (Å²) in [5.41, 5.74) is 2.20. The Balaban J connectivity index is 1.24. The number of nitrogens with zero attached hydrogens (tertiary/aromatic N) is 2. The Hall–Kier alpha value is -2.93. The van der Waals surface area contributed by atoms with Crippen molar-refractivity contribution in [2.24, 2.45) is 5.92 Å². The van der Waals surface area contributed by atoms with E-state index in [2.05, 4.69) is 57.6 Å². The van der Waals surface area contributed by atoms with Crippen LogP contribution in [0.3, 0.4) is 0 Å². The molecule has 6 heteroatoms. The van der Waals surface area contributed by atoms with Crippen LogP contribution in [0.5, 0.6) is 5.75 Å². The van der Waals surface area contributed by atoms with Gasteiger partial charge in [-0.2, -0.15) is 0 Å². The molecule has 6 nitrogen and oxygen atoms in total. The van der Waals surface area contributed by atoms with Crippen LogP contribution < -0.4 is 10.1 Å². The van der Waals surface area contributed by atoms with E-state index in [1.54, 1.807) is 7.11 Å². The smallest absolute Gasteiger partial charge is 0.224 e. The summed E-state index contributed by atoms with van der Waals surface area (Å²) in [4.78, 5) is 18.0. The van der Waals surface area contributed by atoms with E-state index in [1.807, 2.05) is 24.3 Å². The zero-order valence-corrected chi connectivity index (χ0v) is 21.2. The van der Waals surface area contributed by atoms with E-state index < -0.39 is 0 Å². The number of rotatable bonds is 8. The van der Waals surface area contributed by atoms with E-state index in [0.717, 1.165) is 70.2 Å². The number of amides is 1. The summed E-state index contributed by atoms with van der Waals surface area (Å²) in [6, 6.07) is 23.3. The summed E-state index contributed by atoms with van der Waals surface area (Å²) in [5.74, 6) is 1.32. The summed E-state index contributed by atoms with van der Waals surface area (Å²) in [5, 5.41) is 5.69. The van der Waals surface area contributed by atoms with Crippen molar-refractivity contribution >= 4 is 22.4 Å². The SMILES string of the molecule is COc1ccc(NC(=O)CC[C@@H]2CN(Cc3cccc4ccccc34)CC[C@@H]2N2CCOCC2)cc1. The first-order valence-electron chi connectivity index (χ1n) is 13.1. The fourth-order valence-corrected chi connectivity index (χ4v) is 5.80. The Kier molecular flexibility index (Phi) is 8.16. The van der Waals surface area contributed by atoms with Crippen molar-refractivity contribution in [3.8, 4) is 5.75 Å². The number of carbonyl (C=O) groups excluding carboxylic acids is 1. The molecule has 190 valence electrons. The maximum Gasteiger partial charge on any atom is 0.224 e. The second-order valence-electron chi connectivity index (χ2n) is 9.95. The molecule has 0 saturated carbocycles. The molecule has 0 radical (unpaired) electrons. The monoisotopic (exact) mass is 487 g/mol. The molecule has 2 saturated heterocycles. The van der Waals surface area contributed by atoms with Crippen molar-refractivity contribution in [2.45, 2.75) is 31.8 Å². The largest absolute Gasteiger partial charge is 0.497 e. The predicted octanol–water partition coefficient (Wildman–Crippen LogP) is 4.79. The molecule has 3 aromatic carbocycles. The van der Waals surface area contributed by atoms with Crippen molar-refractivity contribution in [2.75, 3.05) is 51.8 Å². The molecular weight excluding hydrogens is 450 g/mol. The van der Waals surface area contributed by atoms with Gasteiger partial charge in [-0.05, 0) is 65.9 Å². The Morgan fingerprint density at radius 3 is 2.58 bits per heavy atom. The van der Waals surface area contributed by atoms with Crippen LogP contribution in [0.25, 0.3) is 10.8 Å². The highest BCUT2D eigenvalue weighted by Gasteiger charge is 2.34. The van der Waals surface area contributed by atoms with Crippen molar-refractivity contribution in [3.05, 3.63) is 72.3 Å². The average Bonchev–Trinajstić information content (AvgIpc) is 2.93. The normalized spacial score (nSPS) is 21.4. The number of hydrogen-bond acceptors (Lipinski definition) is 5. The lowest BCUT2D eigenvalue weighted by atomic mass is 9.86. The van der Waals surface area contributed by atoms with Gasteiger partial charge in [0.25, 0.3) is 0 Å². The number of carbonyl (C=O) groups is 1. The molecule has 5 rings (SSSR count). The van der Waals surface area contributed by atoms with Crippen LogP contribution >= 0.6 is 0 Å². The quantitative estimate of drug-likeness (QED) is 0.495. The van der Waals surface area contributed by atoms with Gasteiger partial charge in [0.15, 0.2) is 0 Å². The van der Waals surface area contributed by atoms with Gasteiger partial charge in [-0.15, -0.1) is 0 Å². The van der Waals surface area contributed by atoms with Crippen molar-refractivity contribution < 1.29 is 14.3 Å². The van der Waals surface area contributed by atoms with Crippen LogP contribution in [0, 0.1) is 5.92 Å². The van der Waals surface area contributed by atoms with Crippen LogP contribution in [0.2, 0.25) is 0 Å². The van der Waals surface area contributed by atoms with Crippen LogP contribution in [0.1, 0.15) is 24.8 Å². The molecule has 2 heterocycles. The third kappa shape index (κ3) is 6.06. The fourth-order valence-electron chi connectivity index (χ4n) is 5.80. The molecule has 0 spiro atoms.